The van der Waals surface area contributed by atoms with E-state index >= 15 is 0 Å². The summed E-state index contributed by atoms with van der Waals surface area (Å²) in [6, 6.07) is 6.55. The molecule has 0 saturated carbocycles. The maximum Gasteiger partial charge on any atom is 0.249 e. The number of piperazine rings is 1. The average Bonchev–Trinajstić information content (AvgIpc) is 2.56. The molecule has 1 aromatic carbocycles. The molecule has 138 valence electrons. The average molecular weight is 369 g/mol. The fraction of sp³-hybridized carbons (Fsp3) is 0.500. The van der Waals surface area contributed by atoms with Crippen LogP contribution >= 0.6 is 0 Å². The second-order valence-corrected chi connectivity index (χ2v) is 7.66. The van der Waals surface area contributed by atoms with Crippen molar-refractivity contribution < 1.29 is 22.7 Å². The Kier molecular flexibility index (Phi) is 6.02. The van der Waals surface area contributed by atoms with Gasteiger partial charge in [0.25, 0.3) is 0 Å². The van der Waals surface area contributed by atoms with Crippen LogP contribution in [0.1, 0.15) is 19.8 Å². The zero-order chi connectivity index (χ0) is 18.6. The van der Waals surface area contributed by atoms with Gasteiger partial charge in [-0.25, -0.2) is 13.6 Å². The molecule has 1 fully saturated rings. The highest BCUT2D eigenvalue weighted by atomic mass is 32.2. The number of nitrogens with two attached hydrogens (primary N) is 1. The number of primary sulfonamides is 1. The van der Waals surface area contributed by atoms with Gasteiger partial charge >= 0.3 is 0 Å². The lowest BCUT2D eigenvalue weighted by Crippen LogP contribution is -2.57. The molecule has 0 unspecified atom stereocenters. The predicted octanol–water partition coefficient (Wildman–Crippen LogP) is 0.328. The lowest BCUT2D eigenvalue weighted by molar-refractivity contribution is -0.140. The fourth-order valence-corrected chi connectivity index (χ4v) is 3.34. The highest BCUT2D eigenvalue weighted by Gasteiger charge is 2.34. The summed E-state index contributed by atoms with van der Waals surface area (Å²) in [5, 5.41) is 4.93. The molecule has 25 heavy (non-hydrogen) atoms. The van der Waals surface area contributed by atoms with Crippen molar-refractivity contribution in [3.8, 4) is 5.75 Å². The zero-order valence-electron chi connectivity index (χ0n) is 14.3. The molecule has 9 heteroatoms. The Morgan fingerprint density at radius 2 is 1.92 bits per heavy atom. The molecule has 1 heterocycles. The summed E-state index contributed by atoms with van der Waals surface area (Å²) in [6.45, 7) is 2.46. The van der Waals surface area contributed by atoms with E-state index in [2.05, 4.69) is 0 Å². The van der Waals surface area contributed by atoms with Gasteiger partial charge in [-0.05, 0) is 37.6 Å². The Morgan fingerprint density at radius 1 is 1.28 bits per heavy atom. The Hall–Kier alpha value is -2.13. The van der Waals surface area contributed by atoms with Crippen LogP contribution in [-0.4, -0.2) is 57.1 Å². The van der Waals surface area contributed by atoms with Crippen LogP contribution in [0.4, 0.5) is 5.69 Å². The monoisotopic (exact) mass is 369 g/mol. The number of hydrogen-bond donors (Lipinski definition) is 1. The van der Waals surface area contributed by atoms with Crippen LogP contribution in [0, 0.1) is 0 Å². The second-order valence-electron chi connectivity index (χ2n) is 5.92. The third kappa shape index (κ3) is 4.93. The Morgan fingerprint density at radius 3 is 2.48 bits per heavy atom. The summed E-state index contributed by atoms with van der Waals surface area (Å²) in [4.78, 5) is 28.0. The molecule has 0 aliphatic carbocycles. The first-order valence-corrected chi connectivity index (χ1v) is 9.70. The maximum atomic E-state index is 12.6. The van der Waals surface area contributed by atoms with Gasteiger partial charge in [0.1, 0.15) is 11.8 Å². The molecule has 8 nitrogen and oxygen atoms in total. The van der Waals surface area contributed by atoms with Gasteiger partial charge in [0, 0.05) is 25.2 Å². The van der Waals surface area contributed by atoms with Crippen molar-refractivity contribution in [1.82, 2.24) is 4.90 Å². The van der Waals surface area contributed by atoms with Crippen molar-refractivity contribution in [1.29, 1.82) is 0 Å². The normalized spacial score (nSPS) is 18.4. The smallest absolute Gasteiger partial charge is 0.249 e. The number of hydrogen-bond acceptors (Lipinski definition) is 5. The molecular weight excluding hydrogens is 346 g/mol. The molecule has 0 spiro atoms. The molecule has 2 rings (SSSR count). The molecule has 0 radical (unpaired) electrons. The predicted molar refractivity (Wildman–Crippen MR) is 93.7 cm³/mol. The second kappa shape index (κ2) is 7.83. The van der Waals surface area contributed by atoms with E-state index in [1.807, 2.05) is 0 Å². The van der Waals surface area contributed by atoms with E-state index in [0.717, 1.165) is 5.69 Å². The van der Waals surface area contributed by atoms with Crippen LogP contribution in [0.15, 0.2) is 24.3 Å². The van der Waals surface area contributed by atoms with Crippen LogP contribution in [0.2, 0.25) is 0 Å². The maximum absolute atomic E-state index is 12.6. The molecule has 0 bridgehead atoms. The van der Waals surface area contributed by atoms with Gasteiger partial charge in [-0.2, -0.15) is 0 Å². The minimum absolute atomic E-state index is 0.0522. The molecule has 1 saturated heterocycles. The van der Waals surface area contributed by atoms with Crippen molar-refractivity contribution in [2.45, 2.75) is 25.8 Å². The Labute approximate surface area is 147 Å². The molecule has 1 aliphatic rings. The van der Waals surface area contributed by atoms with Crippen LogP contribution < -0.4 is 14.8 Å². The number of carbonyl (C=O) groups is 2. The standard InChI is InChI=1S/C16H23N3O5S/c1-12-16(21)19(13-5-7-14(24-2)8-6-13)10-9-18(12)15(20)4-3-11-25(17,22)23/h5-8,12H,3-4,9-11H2,1-2H3,(H2,17,22,23)/t12-/m1/s1. The van der Waals surface area contributed by atoms with E-state index in [9.17, 15) is 18.0 Å². The quantitative estimate of drug-likeness (QED) is 0.777. The number of anilines is 1. The van der Waals surface area contributed by atoms with E-state index in [-0.39, 0.29) is 30.4 Å². The summed E-state index contributed by atoms with van der Waals surface area (Å²) in [5.74, 6) is 0.0513. The summed E-state index contributed by atoms with van der Waals surface area (Å²) in [7, 11) is -2.01. The van der Waals surface area contributed by atoms with E-state index < -0.39 is 16.1 Å². The van der Waals surface area contributed by atoms with Crippen molar-refractivity contribution in [2.24, 2.45) is 5.14 Å². The molecule has 0 aromatic heterocycles. The highest BCUT2D eigenvalue weighted by Crippen LogP contribution is 2.23. The van der Waals surface area contributed by atoms with Gasteiger partial charge in [0.2, 0.25) is 21.8 Å². The third-order valence-electron chi connectivity index (χ3n) is 4.18. The number of rotatable bonds is 6. The summed E-state index contributed by atoms with van der Waals surface area (Å²) in [6.07, 6.45) is 0.202. The van der Waals surface area contributed by atoms with Gasteiger partial charge in [0.05, 0.1) is 12.9 Å². The minimum atomic E-state index is -3.58. The van der Waals surface area contributed by atoms with Crippen molar-refractivity contribution in [3.63, 3.8) is 0 Å². The number of ether oxygens (including phenoxy) is 1. The lowest BCUT2D eigenvalue weighted by Gasteiger charge is -2.39. The zero-order valence-corrected chi connectivity index (χ0v) is 15.2. The number of methoxy groups -OCH3 is 1. The Balaban J connectivity index is 1.99. The first-order valence-electron chi connectivity index (χ1n) is 7.98. The molecule has 2 amide bonds. The van der Waals surface area contributed by atoms with E-state index in [1.54, 1.807) is 43.2 Å². The fourth-order valence-electron chi connectivity index (χ4n) is 2.80. The lowest BCUT2D eigenvalue weighted by atomic mass is 10.1. The van der Waals surface area contributed by atoms with Crippen molar-refractivity contribution in [2.75, 3.05) is 30.9 Å². The topological polar surface area (TPSA) is 110 Å². The number of sulfonamides is 1. The van der Waals surface area contributed by atoms with Gasteiger partial charge < -0.3 is 14.5 Å². The van der Waals surface area contributed by atoms with Crippen LogP contribution in [0.25, 0.3) is 0 Å². The number of amides is 2. The SMILES string of the molecule is COc1ccc(N2CCN(C(=O)CCCS(N)(=O)=O)[C@H](C)C2=O)cc1. The minimum Gasteiger partial charge on any atom is -0.497 e. The number of benzene rings is 1. The summed E-state index contributed by atoms with van der Waals surface area (Å²) in [5.41, 5.74) is 0.749. The van der Waals surface area contributed by atoms with E-state index in [4.69, 9.17) is 9.88 Å². The third-order valence-corrected chi connectivity index (χ3v) is 5.04. The van der Waals surface area contributed by atoms with Crippen molar-refractivity contribution in [3.05, 3.63) is 24.3 Å². The van der Waals surface area contributed by atoms with E-state index in [0.29, 0.717) is 18.8 Å². The van der Waals surface area contributed by atoms with Crippen LogP contribution in [-0.2, 0) is 19.6 Å². The van der Waals surface area contributed by atoms with Crippen molar-refractivity contribution >= 4 is 27.5 Å². The van der Waals surface area contributed by atoms with Gasteiger partial charge in [-0.1, -0.05) is 0 Å². The first kappa shape index (κ1) is 19.2. The Bertz CT molecular complexity index is 733. The first-order chi connectivity index (χ1) is 11.7. The number of carbonyl (C=O) groups excluding carboxylic acids is 2. The molecular formula is C16H23N3O5S. The molecule has 1 aromatic rings. The van der Waals surface area contributed by atoms with Gasteiger partial charge in [-0.15, -0.1) is 0 Å². The highest BCUT2D eigenvalue weighted by molar-refractivity contribution is 7.89. The molecule has 1 aliphatic heterocycles. The molecule has 1 atom stereocenters. The van der Waals surface area contributed by atoms with Gasteiger partial charge in [-0.3, -0.25) is 9.59 Å². The van der Waals surface area contributed by atoms with Crippen LogP contribution in [0.5, 0.6) is 5.75 Å². The van der Waals surface area contributed by atoms with Crippen LogP contribution in [0.3, 0.4) is 0 Å². The summed E-state index contributed by atoms with van der Waals surface area (Å²) >= 11 is 0. The number of nitrogens with zero attached hydrogens (tertiary/aromatic N) is 2. The largest absolute Gasteiger partial charge is 0.497 e. The molecule has 2 N–H and O–H groups in total. The van der Waals surface area contributed by atoms with E-state index in [1.165, 1.54) is 4.90 Å². The van der Waals surface area contributed by atoms with Gasteiger partial charge in [0.15, 0.2) is 0 Å². The summed E-state index contributed by atoms with van der Waals surface area (Å²) < 4.78 is 27.0.